The summed E-state index contributed by atoms with van der Waals surface area (Å²) < 4.78 is 4.62. The average molecular weight is 645 g/mol. The summed E-state index contributed by atoms with van der Waals surface area (Å²) in [5.41, 5.74) is 14.9. The van der Waals surface area contributed by atoms with Crippen LogP contribution in [0.5, 0.6) is 0 Å². The van der Waals surface area contributed by atoms with Gasteiger partial charge in [0.2, 0.25) is 0 Å². The van der Waals surface area contributed by atoms with E-state index in [2.05, 4.69) is 193 Å². The third-order valence-corrected chi connectivity index (χ3v) is 9.76. The van der Waals surface area contributed by atoms with Crippen LogP contribution in [0.3, 0.4) is 0 Å². The molecule has 240 valence electrons. The fourth-order valence-electron chi connectivity index (χ4n) is 7.70. The number of fused-ring (bicyclic) bond motifs is 4. The van der Waals surface area contributed by atoms with E-state index in [0.717, 1.165) is 45.2 Å². The first-order chi connectivity index (χ1) is 24.5. The van der Waals surface area contributed by atoms with E-state index in [-0.39, 0.29) is 0 Å². The molecule has 0 bridgehead atoms. The first-order valence-electron chi connectivity index (χ1n) is 17.1. The Hall–Kier alpha value is -6.39. The molecule has 0 radical (unpaired) electrons. The van der Waals surface area contributed by atoms with Gasteiger partial charge in [-0.2, -0.15) is 0 Å². The zero-order valence-electron chi connectivity index (χ0n) is 28.4. The summed E-state index contributed by atoms with van der Waals surface area (Å²) in [4.78, 5) is 7.50. The van der Waals surface area contributed by atoms with Crippen LogP contribution in [0.1, 0.15) is 16.7 Å². The van der Waals surface area contributed by atoms with Crippen molar-refractivity contribution in [2.45, 2.75) is 20.8 Å². The lowest BCUT2D eigenvalue weighted by Crippen LogP contribution is -2.13. The Morgan fingerprint density at radius 2 is 0.960 bits per heavy atom. The molecule has 0 saturated heterocycles. The van der Waals surface area contributed by atoms with Crippen molar-refractivity contribution in [1.29, 1.82) is 0 Å². The normalized spacial score (nSPS) is 11.5. The Labute approximate surface area is 292 Å². The summed E-state index contributed by atoms with van der Waals surface area (Å²) in [5, 5.41) is 2.53. The Bertz CT molecular complexity index is 2590. The molecule has 0 fully saturated rings. The van der Waals surface area contributed by atoms with E-state index in [0.29, 0.717) is 0 Å². The monoisotopic (exact) mass is 644 g/mol. The van der Waals surface area contributed by atoms with Crippen LogP contribution in [-0.4, -0.2) is 14.1 Å². The van der Waals surface area contributed by atoms with Gasteiger partial charge >= 0.3 is 0 Å². The number of aromatic nitrogens is 3. The van der Waals surface area contributed by atoms with Gasteiger partial charge in [-0.3, -0.25) is 4.57 Å². The minimum Gasteiger partial charge on any atom is -0.310 e. The third kappa shape index (κ3) is 4.88. The van der Waals surface area contributed by atoms with Crippen LogP contribution in [0.4, 0.5) is 17.1 Å². The second-order valence-electron chi connectivity index (χ2n) is 13.1. The molecule has 0 spiro atoms. The van der Waals surface area contributed by atoms with E-state index < -0.39 is 0 Å². The van der Waals surface area contributed by atoms with Gasteiger partial charge in [-0.1, -0.05) is 84.4 Å². The minimum atomic E-state index is 0.925. The number of para-hydroxylation sites is 5. The molecule has 0 aliphatic rings. The predicted molar refractivity (Wildman–Crippen MR) is 210 cm³/mol. The van der Waals surface area contributed by atoms with Crippen molar-refractivity contribution < 1.29 is 0 Å². The van der Waals surface area contributed by atoms with Crippen molar-refractivity contribution in [2.24, 2.45) is 0 Å². The summed E-state index contributed by atoms with van der Waals surface area (Å²) in [6.07, 6.45) is 0. The van der Waals surface area contributed by atoms with E-state index in [1.54, 1.807) is 0 Å². The van der Waals surface area contributed by atoms with Crippen molar-refractivity contribution in [3.05, 3.63) is 180 Å². The highest BCUT2D eigenvalue weighted by molar-refractivity contribution is 6.09. The van der Waals surface area contributed by atoms with Gasteiger partial charge in [-0.05, 0) is 117 Å². The number of aryl methyl sites for hydroxylation is 3. The van der Waals surface area contributed by atoms with Gasteiger partial charge in [-0.15, -0.1) is 0 Å². The standard InChI is InChI=1S/C46H36N4/c1-31-29-32(2)45(33(3)30-31)48(37-25-27-38(28-26-37)49-42-18-10-7-15-39(42)40-16-8-11-19-43(40)49)36-23-21-34(22-24-36)46-47-41-17-9-12-20-44(41)50(46)35-13-5-4-6-14-35/h4-30H,1-3H3. The lowest BCUT2D eigenvalue weighted by molar-refractivity contribution is 1.10. The van der Waals surface area contributed by atoms with E-state index in [1.165, 1.54) is 44.2 Å². The molecule has 0 amide bonds. The van der Waals surface area contributed by atoms with Gasteiger partial charge in [0, 0.05) is 39.1 Å². The molecule has 2 heterocycles. The topological polar surface area (TPSA) is 26.0 Å². The number of benzene rings is 7. The molecule has 0 atom stereocenters. The fourth-order valence-corrected chi connectivity index (χ4v) is 7.70. The molecule has 9 rings (SSSR count). The van der Waals surface area contributed by atoms with Crippen molar-refractivity contribution in [3.63, 3.8) is 0 Å². The number of nitrogens with zero attached hydrogens (tertiary/aromatic N) is 4. The summed E-state index contributed by atoms with van der Waals surface area (Å²) in [5.74, 6) is 0.925. The van der Waals surface area contributed by atoms with Crippen LogP contribution >= 0.6 is 0 Å². The molecule has 4 heteroatoms. The lowest BCUT2D eigenvalue weighted by atomic mass is 10.0. The first kappa shape index (κ1) is 29.7. The molecule has 0 aliphatic carbocycles. The van der Waals surface area contributed by atoms with Gasteiger partial charge in [0.1, 0.15) is 5.82 Å². The van der Waals surface area contributed by atoms with Gasteiger partial charge in [0.05, 0.1) is 27.8 Å². The SMILES string of the molecule is Cc1cc(C)c(N(c2ccc(-c3nc4ccccc4n3-c3ccccc3)cc2)c2ccc(-n3c4ccccc4c4ccccc43)cc2)c(C)c1. The van der Waals surface area contributed by atoms with Crippen LogP contribution in [0.15, 0.2) is 164 Å². The zero-order valence-corrected chi connectivity index (χ0v) is 28.4. The summed E-state index contributed by atoms with van der Waals surface area (Å²) in [6.45, 7) is 6.60. The molecule has 9 aromatic rings. The number of hydrogen-bond acceptors (Lipinski definition) is 2. The van der Waals surface area contributed by atoms with E-state index >= 15 is 0 Å². The quantitative estimate of drug-likeness (QED) is 0.180. The van der Waals surface area contributed by atoms with Gasteiger partial charge in [0.25, 0.3) is 0 Å². The second kappa shape index (κ2) is 11.9. The highest BCUT2D eigenvalue weighted by Gasteiger charge is 2.20. The van der Waals surface area contributed by atoms with Gasteiger partial charge in [-0.25, -0.2) is 4.98 Å². The minimum absolute atomic E-state index is 0.925. The summed E-state index contributed by atoms with van der Waals surface area (Å²) >= 11 is 0. The van der Waals surface area contributed by atoms with Crippen LogP contribution in [0.25, 0.3) is 55.6 Å². The maximum atomic E-state index is 5.11. The highest BCUT2D eigenvalue weighted by atomic mass is 15.1. The summed E-state index contributed by atoms with van der Waals surface area (Å²) in [6, 6.07) is 58.6. The van der Waals surface area contributed by atoms with E-state index in [1.807, 2.05) is 6.07 Å². The Morgan fingerprint density at radius 3 is 1.58 bits per heavy atom. The molecular weight excluding hydrogens is 609 g/mol. The van der Waals surface area contributed by atoms with Crippen molar-refractivity contribution >= 4 is 49.9 Å². The van der Waals surface area contributed by atoms with Crippen LogP contribution in [0.2, 0.25) is 0 Å². The molecule has 2 aromatic heterocycles. The highest BCUT2D eigenvalue weighted by Crippen LogP contribution is 2.41. The van der Waals surface area contributed by atoms with E-state index in [9.17, 15) is 0 Å². The van der Waals surface area contributed by atoms with Crippen LogP contribution in [-0.2, 0) is 0 Å². The van der Waals surface area contributed by atoms with Gasteiger partial charge < -0.3 is 9.47 Å². The Kier molecular flexibility index (Phi) is 7.10. The molecule has 7 aromatic carbocycles. The molecule has 0 saturated carbocycles. The Morgan fingerprint density at radius 1 is 0.460 bits per heavy atom. The maximum absolute atomic E-state index is 5.11. The zero-order chi connectivity index (χ0) is 33.8. The van der Waals surface area contributed by atoms with Crippen molar-refractivity contribution in [2.75, 3.05) is 4.90 Å². The van der Waals surface area contributed by atoms with Crippen molar-refractivity contribution in [3.8, 4) is 22.8 Å². The molecular formula is C46H36N4. The molecule has 0 N–H and O–H groups in total. The average Bonchev–Trinajstić information content (AvgIpc) is 3.70. The maximum Gasteiger partial charge on any atom is 0.145 e. The number of hydrogen-bond donors (Lipinski definition) is 0. The molecule has 50 heavy (non-hydrogen) atoms. The van der Waals surface area contributed by atoms with Crippen molar-refractivity contribution in [1.82, 2.24) is 14.1 Å². The molecule has 0 unspecified atom stereocenters. The predicted octanol–water partition coefficient (Wildman–Crippen LogP) is 12.2. The first-order valence-corrected chi connectivity index (χ1v) is 17.1. The van der Waals surface area contributed by atoms with E-state index in [4.69, 9.17) is 4.98 Å². The number of imidazole rings is 1. The smallest absolute Gasteiger partial charge is 0.145 e. The van der Waals surface area contributed by atoms with Gasteiger partial charge in [0.15, 0.2) is 0 Å². The number of rotatable bonds is 6. The third-order valence-electron chi connectivity index (χ3n) is 9.76. The Balaban J connectivity index is 1.17. The molecule has 4 nitrogen and oxygen atoms in total. The second-order valence-corrected chi connectivity index (χ2v) is 13.1. The summed E-state index contributed by atoms with van der Waals surface area (Å²) in [7, 11) is 0. The van der Waals surface area contributed by atoms with Crippen LogP contribution in [0, 0.1) is 20.8 Å². The number of anilines is 3. The van der Waals surface area contributed by atoms with Crippen LogP contribution < -0.4 is 4.90 Å². The lowest BCUT2D eigenvalue weighted by Gasteiger charge is -2.29. The fraction of sp³-hybridized carbons (Fsp3) is 0.0652. The largest absolute Gasteiger partial charge is 0.310 e. The molecule has 0 aliphatic heterocycles.